The van der Waals surface area contributed by atoms with Crippen LogP contribution in [0, 0.1) is 6.92 Å². The zero-order valence-corrected chi connectivity index (χ0v) is 9.48. The molecular weight excluding hydrogens is 244 g/mol. The van der Waals surface area contributed by atoms with Crippen molar-refractivity contribution in [1.29, 1.82) is 0 Å². The summed E-state index contributed by atoms with van der Waals surface area (Å²) in [6, 6.07) is 3.89. The molecule has 0 aliphatic carbocycles. The van der Waals surface area contributed by atoms with E-state index in [0.29, 0.717) is 0 Å². The van der Waals surface area contributed by atoms with E-state index in [1.165, 1.54) is 10.5 Å². The molecule has 0 heterocycles. The van der Waals surface area contributed by atoms with E-state index in [1.807, 2.05) is 12.1 Å². The molecule has 0 bridgehead atoms. The van der Waals surface area contributed by atoms with Gasteiger partial charge in [-0.3, -0.25) is 0 Å². The molecule has 1 aromatic rings. The maximum absolute atomic E-state index is 5.84. The van der Waals surface area contributed by atoms with Gasteiger partial charge in [-0.15, -0.1) is 11.8 Å². The first-order valence-corrected chi connectivity index (χ1v) is 5.54. The Morgan fingerprint density at radius 1 is 1.45 bits per heavy atom. The Morgan fingerprint density at radius 2 is 2.09 bits per heavy atom. The van der Waals surface area contributed by atoms with Crippen LogP contribution in [0.5, 0.6) is 0 Å². The van der Waals surface area contributed by atoms with E-state index in [-0.39, 0.29) is 0 Å². The van der Waals surface area contributed by atoms with Crippen molar-refractivity contribution < 1.29 is 0 Å². The zero-order chi connectivity index (χ0) is 8.43. The normalized spacial score (nSPS) is 10.2. The van der Waals surface area contributed by atoms with E-state index >= 15 is 0 Å². The Balaban J connectivity index is 3.25. The van der Waals surface area contributed by atoms with Crippen molar-refractivity contribution in [3.05, 3.63) is 27.2 Å². The van der Waals surface area contributed by atoms with Crippen molar-refractivity contribution in [2.24, 2.45) is 0 Å². The first-order chi connectivity index (χ1) is 5.15. The Bertz CT molecular complexity index is 250. The molecule has 1 aromatic carbocycles. The van der Waals surface area contributed by atoms with Crippen LogP contribution in [-0.4, -0.2) is 6.26 Å². The van der Waals surface area contributed by atoms with E-state index in [0.717, 1.165) is 9.50 Å². The molecule has 0 atom stereocenters. The van der Waals surface area contributed by atoms with Crippen LogP contribution in [0.25, 0.3) is 0 Å². The van der Waals surface area contributed by atoms with Crippen molar-refractivity contribution in [3.63, 3.8) is 0 Å². The fraction of sp³-hybridized carbons (Fsp3) is 0.250. The predicted octanol–water partition coefficient (Wildman–Crippen LogP) is 4.13. The third-order valence-electron chi connectivity index (χ3n) is 1.40. The fourth-order valence-electron chi connectivity index (χ4n) is 0.948. The highest BCUT2D eigenvalue weighted by molar-refractivity contribution is 9.10. The highest BCUT2D eigenvalue weighted by atomic mass is 79.9. The van der Waals surface area contributed by atoms with E-state index in [4.69, 9.17) is 11.6 Å². The molecule has 0 saturated heterocycles. The average Bonchev–Trinajstić information content (AvgIpc) is 1.85. The van der Waals surface area contributed by atoms with Gasteiger partial charge >= 0.3 is 0 Å². The predicted molar refractivity (Wildman–Crippen MR) is 55.7 cm³/mol. The Kier molecular flexibility index (Phi) is 3.29. The molecule has 0 nitrogen and oxygen atoms in total. The molecule has 3 heteroatoms. The van der Waals surface area contributed by atoms with Crippen molar-refractivity contribution in [3.8, 4) is 0 Å². The third-order valence-corrected chi connectivity index (χ3v) is 3.45. The van der Waals surface area contributed by atoms with Crippen LogP contribution in [-0.2, 0) is 0 Å². The second-order valence-corrected chi connectivity index (χ2v) is 4.35. The van der Waals surface area contributed by atoms with Crippen molar-refractivity contribution >= 4 is 39.3 Å². The molecule has 1 rings (SSSR count). The third kappa shape index (κ3) is 2.14. The van der Waals surface area contributed by atoms with Crippen LogP contribution in [0.3, 0.4) is 0 Å². The van der Waals surface area contributed by atoms with E-state index in [1.54, 1.807) is 11.8 Å². The molecule has 0 saturated carbocycles. The molecule has 0 aliphatic heterocycles. The molecule has 0 aliphatic rings. The minimum absolute atomic E-state index is 0.784. The van der Waals surface area contributed by atoms with Gasteiger partial charge in [-0.2, -0.15) is 0 Å². The number of benzene rings is 1. The second kappa shape index (κ2) is 3.83. The van der Waals surface area contributed by atoms with Gasteiger partial charge in [0.15, 0.2) is 0 Å². The number of halogens is 2. The summed E-state index contributed by atoms with van der Waals surface area (Å²) in [4.78, 5) is 1.26. The lowest BCUT2D eigenvalue weighted by Crippen LogP contribution is -1.80. The van der Waals surface area contributed by atoms with Crippen LogP contribution in [0.1, 0.15) is 5.56 Å². The van der Waals surface area contributed by atoms with Gasteiger partial charge in [-0.05, 0) is 46.8 Å². The van der Waals surface area contributed by atoms with Gasteiger partial charge in [0, 0.05) is 14.4 Å². The Hall–Kier alpha value is 0.340. The van der Waals surface area contributed by atoms with Gasteiger partial charge in [0.2, 0.25) is 0 Å². The molecule has 11 heavy (non-hydrogen) atoms. The number of rotatable bonds is 1. The van der Waals surface area contributed by atoms with E-state index < -0.39 is 0 Å². The largest absolute Gasteiger partial charge is 0.128 e. The first-order valence-electron chi connectivity index (χ1n) is 3.15. The summed E-state index contributed by atoms with van der Waals surface area (Å²) in [6.07, 6.45) is 2.06. The van der Waals surface area contributed by atoms with Crippen molar-refractivity contribution in [2.75, 3.05) is 6.26 Å². The molecule has 0 radical (unpaired) electrons. The van der Waals surface area contributed by atoms with Crippen molar-refractivity contribution in [2.45, 2.75) is 11.8 Å². The maximum Gasteiger partial charge on any atom is 0.0420 e. The number of hydrogen-bond donors (Lipinski definition) is 0. The molecule has 0 amide bonds. The molecule has 0 unspecified atom stereocenters. The zero-order valence-electron chi connectivity index (χ0n) is 6.32. The average molecular weight is 252 g/mol. The van der Waals surface area contributed by atoms with Gasteiger partial charge in [-0.25, -0.2) is 0 Å². The number of hydrogen-bond acceptors (Lipinski definition) is 1. The molecule has 0 N–H and O–H groups in total. The SMILES string of the molecule is CSc1c(C)cc(Cl)cc1Br. The quantitative estimate of drug-likeness (QED) is 0.676. The summed E-state index contributed by atoms with van der Waals surface area (Å²) in [5.41, 5.74) is 1.22. The molecule has 0 spiro atoms. The van der Waals surface area contributed by atoms with Gasteiger partial charge in [0.25, 0.3) is 0 Å². The lowest BCUT2D eigenvalue weighted by atomic mass is 10.2. The van der Waals surface area contributed by atoms with Gasteiger partial charge in [0.1, 0.15) is 0 Å². The fourth-order valence-corrected chi connectivity index (χ4v) is 3.03. The molecular formula is C8H8BrClS. The Morgan fingerprint density at radius 3 is 2.55 bits per heavy atom. The summed E-state index contributed by atoms with van der Waals surface area (Å²) in [6.45, 7) is 2.06. The molecule has 0 fully saturated rings. The molecule has 60 valence electrons. The summed E-state index contributed by atoms with van der Waals surface area (Å²) in [5.74, 6) is 0. The first kappa shape index (κ1) is 9.43. The lowest BCUT2D eigenvalue weighted by Gasteiger charge is -2.04. The van der Waals surface area contributed by atoms with E-state index in [9.17, 15) is 0 Å². The molecule has 0 aromatic heterocycles. The van der Waals surface area contributed by atoms with Crippen LogP contribution < -0.4 is 0 Å². The summed E-state index contributed by atoms with van der Waals surface area (Å²) in [5, 5.41) is 0.784. The van der Waals surface area contributed by atoms with Gasteiger partial charge in [-0.1, -0.05) is 11.6 Å². The summed E-state index contributed by atoms with van der Waals surface area (Å²) in [7, 11) is 0. The second-order valence-electron chi connectivity index (χ2n) is 2.24. The number of aryl methyl sites for hydroxylation is 1. The minimum atomic E-state index is 0.784. The lowest BCUT2D eigenvalue weighted by molar-refractivity contribution is 1.28. The highest BCUT2D eigenvalue weighted by Crippen LogP contribution is 2.31. The van der Waals surface area contributed by atoms with Crippen LogP contribution in [0.2, 0.25) is 5.02 Å². The van der Waals surface area contributed by atoms with Crippen molar-refractivity contribution in [1.82, 2.24) is 0 Å². The minimum Gasteiger partial charge on any atom is -0.128 e. The Labute approximate surface area is 84.5 Å². The standard InChI is InChI=1S/C8H8BrClS/c1-5-3-6(10)4-7(9)8(5)11-2/h3-4H,1-2H3. The topological polar surface area (TPSA) is 0 Å². The summed E-state index contributed by atoms with van der Waals surface area (Å²) < 4.78 is 1.08. The van der Waals surface area contributed by atoms with Crippen LogP contribution >= 0.6 is 39.3 Å². The smallest absolute Gasteiger partial charge is 0.0420 e. The maximum atomic E-state index is 5.84. The van der Waals surface area contributed by atoms with Gasteiger partial charge < -0.3 is 0 Å². The van der Waals surface area contributed by atoms with Crippen LogP contribution in [0.15, 0.2) is 21.5 Å². The summed E-state index contributed by atoms with van der Waals surface area (Å²) >= 11 is 11.0. The monoisotopic (exact) mass is 250 g/mol. The van der Waals surface area contributed by atoms with Gasteiger partial charge in [0.05, 0.1) is 0 Å². The highest BCUT2D eigenvalue weighted by Gasteiger charge is 2.02. The van der Waals surface area contributed by atoms with E-state index in [2.05, 4.69) is 29.1 Å². The number of thioether (sulfide) groups is 1. The van der Waals surface area contributed by atoms with Crippen LogP contribution in [0.4, 0.5) is 0 Å².